The number of carbonyl (C=O) groups excluding carboxylic acids is 2. The van der Waals surface area contributed by atoms with E-state index in [1.807, 2.05) is 0 Å². The highest BCUT2D eigenvalue weighted by Gasteiger charge is 2.12. The Balaban J connectivity index is 2.11. The maximum absolute atomic E-state index is 12.1. The van der Waals surface area contributed by atoms with Gasteiger partial charge in [-0.25, -0.2) is 10.9 Å². The number of hydrogen-bond donors (Lipinski definition) is 4. The molecule has 0 aliphatic carbocycles. The Labute approximate surface area is 152 Å². The molecule has 0 bridgehead atoms. The van der Waals surface area contributed by atoms with Gasteiger partial charge in [0.25, 0.3) is 17.5 Å². The second kappa shape index (κ2) is 8.87. The van der Waals surface area contributed by atoms with E-state index >= 15 is 0 Å². The Kier molecular flexibility index (Phi) is 6.34. The Hall–Kier alpha value is -4.05. The fourth-order valence-corrected chi connectivity index (χ4v) is 2.03. The SMILES string of the molecule is O=C(C=Cc1cccc(C(=O)NN=Cc2cc(O)ccc2[N+](=O)[O-])c1)NO. The monoisotopic (exact) mass is 370 g/mol. The number of nitro groups is 1. The van der Waals surface area contributed by atoms with Crippen molar-refractivity contribution < 1.29 is 24.8 Å². The lowest BCUT2D eigenvalue weighted by molar-refractivity contribution is -0.385. The predicted molar refractivity (Wildman–Crippen MR) is 95.2 cm³/mol. The van der Waals surface area contributed by atoms with E-state index in [1.54, 1.807) is 12.1 Å². The lowest BCUT2D eigenvalue weighted by Gasteiger charge is -2.02. The average molecular weight is 370 g/mol. The number of rotatable bonds is 6. The van der Waals surface area contributed by atoms with Crippen molar-refractivity contribution in [2.45, 2.75) is 0 Å². The first-order chi connectivity index (χ1) is 12.9. The summed E-state index contributed by atoms with van der Waals surface area (Å²) in [6, 6.07) is 9.63. The summed E-state index contributed by atoms with van der Waals surface area (Å²) in [6.07, 6.45) is 3.52. The van der Waals surface area contributed by atoms with Gasteiger partial charge in [0.2, 0.25) is 0 Å². The molecule has 0 unspecified atom stereocenters. The smallest absolute Gasteiger partial charge is 0.278 e. The number of nitro benzene ring substituents is 1. The second-order valence-electron chi connectivity index (χ2n) is 5.13. The lowest BCUT2D eigenvalue weighted by atomic mass is 10.1. The van der Waals surface area contributed by atoms with E-state index in [9.17, 15) is 24.8 Å². The van der Waals surface area contributed by atoms with E-state index in [-0.39, 0.29) is 22.6 Å². The molecule has 0 radical (unpaired) electrons. The third-order valence-electron chi connectivity index (χ3n) is 3.26. The van der Waals surface area contributed by atoms with E-state index in [4.69, 9.17) is 5.21 Å². The molecule has 138 valence electrons. The van der Waals surface area contributed by atoms with E-state index in [2.05, 4.69) is 10.5 Å². The highest BCUT2D eigenvalue weighted by molar-refractivity contribution is 5.96. The number of aromatic hydroxyl groups is 1. The van der Waals surface area contributed by atoms with Gasteiger partial charge < -0.3 is 5.11 Å². The van der Waals surface area contributed by atoms with Crippen LogP contribution >= 0.6 is 0 Å². The molecule has 2 amide bonds. The summed E-state index contributed by atoms with van der Waals surface area (Å²) in [7, 11) is 0. The molecule has 2 aromatic rings. The van der Waals surface area contributed by atoms with Crippen LogP contribution in [0.5, 0.6) is 5.75 Å². The summed E-state index contributed by atoms with van der Waals surface area (Å²) in [5.41, 5.74) is 4.16. The number of phenolic OH excluding ortho intramolecular Hbond substituents is 1. The fraction of sp³-hybridized carbons (Fsp3) is 0. The number of phenols is 1. The third kappa shape index (κ3) is 5.47. The molecule has 0 aromatic heterocycles. The first kappa shape index (κ1) is 19.3. The summed E-state index contributed by atoms with van der Waals surface area (Å²) in [6.45, 7) is 0. The summed E-state index contributed by atoms with van der Waals surface area (Å²) < 4.78 is 0. The maximum Gasteiger partial charge on any atom is 0.278 e. The van der Waals surface area contributed by atoms with Crippen LogP contribution in [0.25, 0.3) is 6.08 Å². The zero-order valence-corrected chi connectivity index (χ0v) is 13.7. The van der Waals surface area contributed by atoms with Gasteiger partial charge in [0.1, 0.15) is 5.75 Å². The largest absolute Gasteiger partial charge is 0.508 e. The van der Waals surface area contributed by atoms with Gasteiger partial charge in [-0.05, 0) is 35.9 Å². The molecule has 0 heterocycles. The van der Waals surface area contributed by atoms with Crippen molar-refractivity contribution in [3.8, 4) is 5.75 Å². The van der Waals surface area contributed by atoms with Crippen molar-refractivity contribution in [1.29, 1.82) is 0 Å². The number of benzene rings is 2. The van der Waals surface area contributed by atoms with Crippen LogP contribution in [0.3, 0.4) is 0 Å². The Bertz CT molecular complexity index is 939. The maximum atomic E-state index is 12.1. The molecule has 0 saturated carbocycles. The van der Waals surface area contributed by atoms with Crippen LogP contribution in [0.2, 0.25) is 0 Å². The molecule has 27 heavy (non-hydrogen) atoms. The number of nitrogens with zero attached hydrogens (tertiary/aromatic N) is 2. The van der Waals surface area contributed by atoms with Crippen molar-refractivity contribution in [2.75, 3.05) is 0 Å². The highest BCUT2D eigenvalue weighted by atomic mass is 16.6. The lowest BCUT2D eigenvalue weighted by Crippen LogP contribution is -2.17. The molecular formula is C17H14N4O6. The van der Waals surface area contributed by atoms with Gasteiger partial charge in [-0.2, -0.15) is 5.10 Å². The molecule has 4 N–H and O–H groups in total. The molecule has 0 aliphatic heterocycles. The van der Waals surface area contributed by atoms with Crippen molar-refractivity contribution in [3.63, 3.8) is 0 Å². The van der Waals surface area contributed by atoms with Crippen LogP contribution < -0.4 is 10.9 Å². The predicted octanol–water partition coefficient (Wildman–Crippen LogP) is 1.58. The molecule has 2 aromatic carbocycles. The molecule has 2 rings (SSSR count). The van der Waals surface area contributed by atoms with E-state index in [0.29, 0.717) is 5.56 Å². The zero-order valence-electron chi connectivity index (χ0n) is 13.7. The molecule has 10 nitrogen and oxygen atoms in total. The van der Waals surface area contributed by atoms with Crippen molar-refractivity contribution in [3.05, 3.63) is 75.3 Å². The molecule has 0 spiro atoms. The zero-order chi connectivity index (χ0) is 19.8. The number of amides is 2. The first-order valence-electron chi connectivity index (χ1n) is 7.43. The average Bonchev–Trinajstić information content (AvgIpc) is 2.66. The van der Waals surface area contributed by atoms with Gasteiger partial charge in [0, 0.05) is 17.7 Å². The summed E-state index contributed by atoms with van der Waals surface area (Å²) >= 11 is 0. The number of hydroxylamine groups is 1. The molecule has 0 atom stereocenters. The molecule has 0 saturated heterocycles. The Morgan fingerprint density at radius 1 is 1.19 bits per heavy atom. The molecule has 0 aliphatic rings. The van der Waals surface area contributed by atoms with E-state index < -0.39 is 16.7 Å². The number of nitrogens with one attached hydrogen (secondary N) is 2. The van der Waals surface area contributed by atoms with Gasteiger partial charge >= 0.3 is 0 Å². The first-order valence-corrected chi connectivity index (χ1v) is 7.43. The van der Waals surface area contributed by atoms with Crippen LogP contribution in [0.4, 0.5) is 5.69 Å². The van der Waals surface area contributed by atoms with Crippen molar-refractivity contribution in [2.24, 2.45) is 5.10 Å². The van der Waals surface area contributed by atoms with Crippen molar-refractivity contribution in [1.82, 2.24) is 10.9 Å². The summed E-state index contributed by atoms with van der Waals surface area (Å²) in [5, 5.41) is 32.5. The standard InChI is InChI=1S/C17H14N4O6/c22-14-5-6-15(21(26)27)13(9-14)10-18-19-17(24)12-3-1-2-11(8-12)4-7-16(23)20-25/h1-10,22,25H,(H,19,24)(H,20,23). The van der Waals surface area contributed by atoms with Crippen molar-refractivity contribution >= 4 is 29.8 Å². The minimum Gasteiger partial charge on any atom is -0.508 e. The molecule has 0 fully saturated rings. The number of hydrogen-bond acceptors (Lipinski definition) is 7. The highest BCUT2D eigenvalue weighted by Crippen LogP contribution is 2.21. The van der Waals surface area contributed by atoms with Gasteiger partial charge in [0.05, 0.1) is 16.7 Å². The van der Waals surface area contributed by atoms with Crippen LogP contribution in [-0.2, 0) is 4.79 Å². The van der Waals surface area contributed by atoms with E-state index in [1.165, 1.54) is 29.8 Å². The van der Waals surface area contributed by atoms with Gasteiger partial charge in [-0.1, -0.05) is 12.1 Å². The Morgan fingerprint density at radius 2 is 1.96 bits per heavy atom. The van der Waals surface area contributed by atoms with Gasteiger partial charge in [0.15, 0.2) is 0 Å². The minimum absolute atomic E-state index is 0.0204. The third-order valence-corrected chi connectivity index (χ3v) is 3.26. The molecular weight excluding hydrogens is 356 g/mol. The normalized spacial score (nSPS) is 10.9. The Morgan fingerprint density at radius 3 is 2.67 bits per heavy atom. The van der Waals surface area contributed by atoms with Gasteiger partial charge in [-0.15, -0.1) is 0 Å². The van der Waals surface area contributed by atoms with Crippen LogP contribution in [0.15, 0.2) is 53.6 Å². The van der Waals surface area contributed by atoms with Gasteiger partial charge in [-0.3, -0.25) is 24.9 Å². The van der Waals surface area contributed by atoms with Crippen LogP contribution in [0.1, 0.15) is 21.5 Å². The van der Waals surface area contributed by atoms with Crippen LogP contribution in [0, 0.1) is 10.1 Å². The number of hydrazone groups is 1. The summed E-state index contributed by atoms with van der Waals surface area (Å²) in [5.74, 6) is -1.49. The topological polar surface area (TPSA) is 154 Å². The second-order valence-corrected chi connectivity index (χ2v) is 5.13. The summed E-state index contributed by atoms with van der Waals surface area (Å²) in [4.78, 5) is 33.4. The number of carbonyl (C=O) groups is 2. The molecule has 10 heteroatoms. The van der Waals surface area contributed by atoms with E-state index in [0.717, 1.165) is 24.4 Å². The minimum atomic E-state index is -0.720. The van der Waals surface area contributed by atoms with Crippen LogP contribution in [-0.4, -0.2) is 33.3 Å². The fourth-order valence-electron chi connectivity index (χ4n) is 2.03. The quantitative estimate of drug-likeness (QED) is 0.199.